The quantitative estimate of drug-likeness (QED) is 0.653. The molecular weight excluding hydrogens is 400 g/mol. The van der Waals surface area contributed by atoms with E-state index in [0.29, 0.717) is 39.8 Å². The highest BCUT2D eigenvalue weighted by atomic mass is 16.7. The van der Waals surface area contributed by atoms with Crippen LogP contribution in [0.3, 0.4) is 0 Å². The highest BCUT2D eigenvalue weighted by molar-refractivity contribution is 6.12. The van der Waals surface area contributed by atoms with Gasteiger partial charge in [0.2, 0.25) is 6.79 Å². The first-order valence-corrected chi connectivity index (χ1v) is 9.64. The van der Waals surface area contributed by atoms with Crippen LogP contribution in [0.2, 0.25) is 0 Å². The number of nitrogens with zero attached hydrogens (tertiary/aromatic N) is 1. The van der Waals surface area contributed by atoms with Crippen molar-refractivity contribution in [2.45, 2.75) is 6.17 Å². The topological polar surface area (TPSA) is 97.3 Å². The Morgan fingerprint density at radius 1 is 1.06 bits per heavy atom. The molecule has 0 aliphatic carbocycles. The Hall–Kier alpha value is -4.20. The number of carboxylic acids is 1. The van der Waals surface area contributed by atoms with Crippen molar-refractivity contribution in [2.24, 2.45) is 0 Å². The van der Waals surface area contributed by atoms with E-state index in [1.165, 1.54) is 0 Å². The summed E-state index contributed by atoms with van der Waals surface area (Å²) in [6.45, 7) is -0.360. The van der Waals surface area contributed by atoms with Crippen LogP contribution >= 0.6 is 0 Å². The van der Waals surface area contributed by atoms with Gasteiger partial charge < -0.3 is 24.6 Å². The molecule has 5 rings (SSSR count). The van der Waals surface area contributed by atoms with Gasteiger partial charge in [0.15, 0.2) is 18.1 Å². The van der Waals surface area contributed by atoms with E-state index in [2.05, 4.69) is 5.32 Å². The Labute approximate surface area is 177 Å². The fourth-order valence-electron chi connectivity index (χ4n) is 3.75. The van der Waals surface area contributed by atoms with Crippen molar-refractivity contribution >= 4 is 23.3 Å². The van der Waals surface area contributed by atoms with E-state index < -0.39 is 18.7 Å². The van der Waals surface area contributed by atoms with E-state index in [-0.39, 0.29) is 12.7 Å². The average Bonchev–Trinajstić information content (AvgIpc) is 3.26. The molecule has 2 heterocycles. The van der Waals surface area contributed by atoms with Gasteiger partial charge in [-0.25, -0.2) is 4.79 Å². The summed E-state index contributed by atoms with van der Waals surface area (Å²) < 4.78 is 16.4. The van der Waals surface area contributed by atoms with Gasteiger partial charge in [-0.15, -0.1) is 0 Å². The van der Waals surface area contributed by atoms with Crippen LogP contribution in [0.15, 0.2) is 66.7 Å². The lowest BCUT2D eigenvalue weighted by Gasteiger charge is -2.38. The molecular formula is C23H18N2O6. The number of aliphatic carboxylic acids is 1. The summed E-state index contributed by atoms with van der Waals surface area (Å²) in [5.74, 6) is 0.258. The second-order valence-electron chi connectivity index (χ2n) is 7.03. The maximum atomic E-state index is 13.6. The third-order valence-corrected chi connectivity index (χ3v) is 5.13. The van der Waals surface area contributed by atoms with Gasteiger partial charge in [-0.1, -0.05) is 30.3 Å². The highest BCUT2D eigenvalue weighted by Gasteiger charge is 2.36. The van der Waals surface area contributed by atoms with Crippen LogP contribution in [0, 0.1) is 0 Å². The Bertz CT molecular complexity index is 1180. The van der Waals surface area contributed by atoms with Crippen LogP contribution < -0.4 is 24.4 Å². The van der Waals surface area contributed by atoms with E-state index in [4.69, 9.17) is 19.3 Å². The number of carbonyl (C=O) groups excluding carboxylic acids is 1. The first-order valence-electron chi connectivity index (χ1n) is 9.64. The fraction of sp³-hybridized carbons (Fsp3) is 0.130. The summed E-state index contributed by atoms with van der Waals surface area (Å²) in [7, 11) is 0. The summed E-state index contributed by atoms with van der Waals surface area (Å²) >= 11 is 0. The molecule has 0 unspecified atom stereocenters. The molecule has 2 aliphatic heterocycles. The second kappa shape index (κ2) is 7.56. The van der Waals surface area contributed by atoms with E-state index in [9.17, 15) is 9.59 Å². The van der Waals surface area contributed by atoms with Gasteiger partial charge in [0.1, 0.15) is 11.9 Å². The first kappa shape index (κ1) is 18.8. The molecule has 0 radical (unpaired) electrons. The van der Waals surface area contributed by atoms with Crippen molar-refractivity contribution in [1.82, 2.24) is 0 Å². The summed E-state index contributed by atoms with van der Waals surface area (Å²) in [5, 5.41) is 12.4. The molecule has 156 valence electrons. The van der Waals surface area contributed by atoms with E-state index in [1.807, 2.05) is 18.2 Å². The number of carboxylic acid groups (broad SMARTS) is 1. The minimum Gasteiger partial charge on any atom is -0.481 e. The maximum Gasteiger partial charge on any atom is 0.341 e. The van der Waals surface area contributed by atoms with Crippen LogP contribution in [0.25, 0.3) is 0 Å². The number of hydrogen-bond donors (Lipinski definition) is 2. The average molecular weight is 418 g/mol. The molecule has 0 aromatic heterocycles. The zero-order valence-electron chi connectivity index (χ0n) is 16.3. The van der Waals surface area contributed by atoms with Crippen LogP contribution in [0.1, 0.15) is 22.1 Å². The molecule has 3 aromatic carbocycles. The molecule has 1 amide bonds. The number of benzene rings is 3. The SMILES string of the molecule is O=C(O)COc1ccccc1[C@@H]1Nc2ccccc2C(=O)N1c1ccc2c(c1)OCO2. The molecule has 8 nitrogen and oxygen atoms in total. The van der Waals surface area contributed by atoms with Gasteiger partial charge in [-0.2, -0.15) is 0 Å². The van der Waals surface area contributed by atoms with Crippen LogP contribution in [-0.4, -0.2) is 30.4 Å². The standard InChI is InChI=1S/C23H18N2O6/c26-21(27)12-29-18-8-4-2-6-16(18)22-24-17-7-3-1-5-15(17)23(28)25(22)14-9-10-19-20(11-14)31-13-30-19/h1-11,22,24H,12-13H2,(H,26,27)/t22-/m1/s1. The molecule has 1 atom stereocenters. The van der Waals surface area contributed by atoms with Gasteiger partial charge in [-0.3, -0.25) is 9.69 Å². The van der Waals surface area contributed by atoms with Crippen LogP contribution in [0.4, 0.5) is 11.4 Å². The number of rotatable bonds is 5. The zero-order chi connectivity index (χ0) is 21.4. The number of carbonyl (C=O) groups is 2. The van der Waals surface area contributed by atoms with Gasteiger partial charge in [-0.05, 0) is 30.3 Å². The van der Waals surface area contributed by atoms with Crippen LogP contribution in [0.5, 0.6) is 17.2 Å². The Morgan fingerprint density at radius 2 is 1.84 bits per heavy atom. The molecule has 0 spiro atoms. The third-order valence-electron chi connectivity index (χ3n) is 5.13. The normalized spacial score (nSPS) is 16.5. The predicted octanol–water partition coefficient (Wildman–Crippen LogP) is 3.65. The molecule has 31 heavy (non-hydrogen) atoms. The maximum absolute atomic E-state index is 13.6. The Balaban J connectivity index is 1.62. The summed E-state index contributed by atoms with van der Waals surface area (Å²) in [4.78, 5) is 26.2. The number of hydrogen-bond acceptors (Lipinski definition) is 6. The van der Waals surface area contributed by atoms with Gasteiger partial charge in [0.25, 0.3) is 5.91 Å². The number of anilines is 2. The van der Waals surface area contributed by atoms with Crippen molar-refractivity contribution in [2.75, 3.05) is 23.6 Å². The van der Waals surface area contributed by atoms with Gasteiger partial charge in [0, 0.05) is 17.3 Å². The Kier molecular flexibility index (Phi) is 4.59. The van der Waals surface area contributed by atoms with Crippen molar-refractivity contribution < 1.29 is 28.9 Å². The molecule has 8 heteroatoms. The molecule has 0 fully saturated rings. The molecule has 2 N–H and O–H groups in total. The second-order valence-corrected chi connectivity index (χ2v) is 7.03. The molecule has 0 saturated heterocycles. The predicted molar refractivity (Wildman–Crippen MR) is 112 cm³/mol. The van der Waals surface area contributed by atoms with Crippen molar-refractivity contribution in [3.8, 4) is 17.2 Å². The minimum atomic E-state index is -1.08. The number of para-hydroxylation sites is 2. The number of nitrogens with one attached hydrogen (secondary N) is 1. The van der Waals surface area contributed by atoms with Crippen molar-refractivity contribution in [3.63, 3.8) is 0 Å². The number of ether oxygens (including phenoxy) is 3. The third kappa shape index (κ3) is 3.38. The lowest BCUT2D eigenvalue weighted by Crippen LogP contribution is -2.43. The Morgan fingerprint density at radius 3 is 2.71 bits per heavy atom. The summed E-state index contributed by atoms with van der Waals surface area (Å²) in [5.41, 5.74) is 2.45. The molecule has 2 aliphatic rings. The minimum absolute atomic E-state index is 0.128. The summed E-state index contributed by atoms with van der Waals surface area (Å²) in [6.07, 6.45) is -0.632. The monoisotopic (exact) mass is 418 g/mol. The summed E-state index contributed by atoms with van der Waals surface area (Å²) in [6, 6.07) is 19.6. The van der Waals surface area contributed by atoms with Crippen molar-refractivity contribution in [3.05, 3.63) is 77.9 Å². The zero-order valence-corrected chi connectivity index (χ0v) is 16.3. The van der Waals surface area contributed by atoms with E-state index >= 15 is 0 Å². The molecule has 0 bridgehead atoms. The fourth-order valence-corrected chi connectivity index (χ4v) is 3.75. The van der Waals surface area contributed by atoms with Crippen LogP contribution in [-0.2, 0) is 4.79 Å². The van der Waals surface area contributed by atoms with E-state index in [1.54, 1.807) is 53.4 Å². The van der Waals surface area contributed by atoms with E-state index in [0.717, 1.165) is 0 Å². The molecule has 3 aromatic rings. The number of fused-ring (bicyclic) bond motifs is 2. The smallest absolute Gasteiger partial charge is 0.341 e. The molecule has 0 saturated carbocycles. The lowest BCUT2D eigenvalue weighted by atomic mass is 10.0. The lowest BCUT2D eigenvalue weighted by molar-refractivity contribution is -0.139. The highest BCUT2D eigenvalue weighted by Crippen LogP contribution is 2.42. The number of amides is 1. The van der Waals surface area contributed by atoms with Gasteiger partial charge >= 0.3 is 5.97 Å². The first-order chi connectivity index (χ1) is 15.1. The van der Waals surface area contributed by atoms with Gasteiger partial charge in [0.05, 0.1) is 11.3 Å². The largest absolute Gasteiger partial charge is 0.481 e. The van der Waals surface area contributed by atoms with Crippen molar-refractivity contribution in [1.29, 1.82) is 0 Å².